The zero-order chi connectivity index (χ0) is 25.6. The zero-order valence-electron chi connectivity index (χ0n) is 21.9. The van der Waals surface area contributed by atoms with Crippen LogP contribution in [0.2, 0.25) is 10.0 Å². The van der Waals surface area contributed by atoms with Crippen LogP contribution >= 0.6 is 23.2 Å². The number of carbonyl (C=O) groups excluding carboxylic acids is 1. The number of hydrogen-bond acceptors (Lipinski definition) is 3. The molecule has 4 nitrogen and oxygen atoms in total. The van der Waals surface area contributed by atoms with E-state index in [1.807, 2.05) is 24.3 Å². The molecule has 0 spiro atoms. The van der Waals surface area contributed by atoms with Gasteiger partial charge in [-0.15, -0.1) is 0 Å². The monoisotopic (exact) mass is 542 g/mol. The van der Waals surface area contributed by atoms with Crippen molar-refractivity contribution in [2.24, 2.45) is 5.92 Å². The summed E-state index contributed by atoms with van der Waals surface area (Å²) in [5.41, 5.74) is 2.93. The lowest BCUT2D eigenvalue weighted by atomic mass is 9.93. The van der Waals surface area contributed by atoms with Gasteiger partial charge in [-0.25, -0.2) is 0 Å². The van der Waals surface area contributed by atoms with Crippen LogP contribution in [0.5, 0.6) is 5.75 Å². The topological polar surface area (TPSA) is 32.8 Å². The molecule has 0 radical (unpaired) electrons. The lowest BCUT2D eigenvalue weighted by Gasteiger charge is -2.31. The smallest absolute Gasteiger partial charge is 0.226 e. The van der Waals surface area contributed by atoms with Gasteiger partial charge in [0.05, 0.1) is 6.61 Å². The van der Waals surface area contributed by atoms with E-state index in [0.717, 1.165) is 67.8 Å². The summed E-state index contributed by atoms with van der Waals surface area (Å²) in [4.78, 5) is 17.8. The summed E-state index contributed by atoms with van der Waals surface area (Å²) in [7, 11) is 0. The van der Waals surface area contributed by atoms with Crippen molar-refractivity contribution in [3.63, 3.8) is 0 Å². The third-order valence-corrected chi connectivity index (χ3v) is 9.16. The van der Waals surface area contributed by atoms with Crippen LogP contribution < -0.4 is 4.74 Å². The highest BCUT2D eigenvalue weighted by molar-refractivity contribution is 6.36. The van der Waals surface area contributed by atoms with Gasteiger partial charge in [0.1, 0.15) is 5.75 Å². The van der Waals surface area contributed by atoms with Crippen LogP contribution in [-0.2, 0) is 11.2 Å². The Hall–Kier alpha value is -1.75. The van der Waals surface area contributed by atoms with Gasteiger partial charge in [0.2, 0.25) is 5.91 Å². The van der Waals surface area contributed by atoms with E-state index >= 15 is 0 Å². The second-order valence-electron chi connectivity index (χ2n) is 11.1. The third-order valence-electron chi connectivity index (χ3n) is 8.48. The number of halogens is 2. The zero-order valence-corrected chi connectivity index (χ0v) is 23.4. The number of hydrogen-bond donors (Lipinski definition) is 0. The van der Waals surface area contributed by atoms with Crippen LogP contribution in [0.25, 0.3) is 11.1 Å². The van der Waals surface area contributed by atoms with E-state index in [1.54, 1.807) is 0 Å². The Labute approximate surface area is 232 Å². The highest BCUT2D eigenvalue weighted by atomic mass is 35.5. The van der Waals surface area contributed by atoms with Gasteiger partial charge in [-0.2, -0.15) is 0 Å². The molecule has 1 atom stereocenters. The lowest BCUT2D eigenvalue weighted by Crippen LogP contribution is -2.39. The molecule has 0 N–H and O–H groups in total. The van der Waals surface area contributed by atoms with Gasteiger partial charge in [-0.05, 0) is 99.0 Å². The minimum atomic E-state index is -0.0193. The van der Waals surface area contributed by atoms with Gasteiger partial charge >= 0.3 is 0 Å². The lowest BCUT2D eigenvalue weighted by molar-refractivity contribution is -0.133. The van der Waals surface area contributed by atoms with Crippen LogP contribution in [0, 0.1) is 5.92 Å². The summed E-state index contributed by atoms with van der Waals surface area (Å²) in [6.07, 6.45) is 12.7. The van der Waals surface area contributed by atoms with Crippen molar-refractivity contribution in [1.82, 2.24) is 9.80 Å². The Morgan fingerprint density at radius 2 is 1.49 bits per heavy atom. The van der Waals surface area contributed by atoms with Crippen LogP contribution in [0.3, 0.4) is 0 Å². The molecule has 2 aromatic rings. The Morgan fingerprint density at radius 1 is 0.811 bits per heavy atom. The summed E-state index contributed by atoms with van der Waals surface area (Å²) in [5.74, 6) is 1.15. The Kier molecular flexibility index (Phi) is 9.33. The van der Waals surface area contributed by atoms with Crippen molar-refractivity contribution in [2.45, 2.75) is 76.7 Å². The number of amides is 1. The van der Waals surface area contributed by atoms with E-state index < -0.39 is 0 Å². The SMILES string of the molecule is O=C1C(Cc2c(Cl)cc(-c3ccc(OCCCN4CCCCC4)cc3)cc2Cl)CCN1C1CCCCC1. The molecule has 5 rings (SSSR count). The fraction of sp³-hybridized carbons (Fsp3) is 0.581. The van der Waals surface area contributed by atoms with Gasteiger partial charge in [0.15, 0.2) is 0 Å². The van der Waals surface area contributed by atoms with Crippen molar-refractivity contribution >= 4 is 29.1 Å². The van der Waals surface area contributed by atoms with Gasteiger partial charge in [-0.1, -0.05) is 61.0 Å². The molecule has 1 amide bonds. The number of ether oxygens (including phenoxy) is 1. The first-order chi connectivity index (χ1) is 18.1. The summed E-state index contributed by atoms with van der Waals surface area (Å²) in [6, 6.07) is 12.5. The van der Waals surface area contributed by atoms with Crippen molar-refractivity contribution in [1.29, 1.82) is 0 Å². The van der Waals surface area contributed by atoms with E-state index in [4.69, 9.17) is 27.9 Å². The molecule has 1 saturated carbocycles. The van der Waals surface area contributed by atoms with Gasteiger partial charge in [0, 0.05) is 35.1 Å². The van der Waals surface area contributed by atoms with Gasteiger partial charge < -0.3 is 14.5 Å². The highest BCUT2D eigenvalue weighted by Gasteiger charge is 2.36. The van der Waals surface area contributed by atoms with E-state index in [9.17, 15) is 4.79 Å². The normalized spacial score (nSPS) is 21.5. The maximum Gasteiger partial charge on any atom is 0.226 e. The molecule has 3 aliphatic rings. The molecule has 0 bridgehead atoms. The number of piperidine rings is 1. The van der Waals surface area contributed by atoms with E-state index in [2.05, 4.69) is 21.9 Å². The molecule has 2 aliphatic heterocycles. The van der Waals surface area contributed by atoms with E-state index in [0.29, 0.717) is 22.5 Å². The van der Waals surface area contributed by atoms with Crippen LogP contribution in [0.4, 0.5) is 0 Å². The maximum absolute atomic E-state index is 13.2. The molecule has 2 saturated heterocycles. The number of nitrogens with zero attached hydrogens (tertiary/aromatic N) is 2. The fourth-order valence-electron chi connectivity index (χ4n) is 6.32. The fourth-order valence-corrected chi connectivity index (χ4v) is 6.96. The van der Waals surface area contributed by atoms with Crippen molar-refractivity contribution in [2.75, 3.05) is 32.8 Å². The van der Waals surface area contributed by atoms with Crippen LogP contribution in [0.1, 0.15) is 69.8 Å². The number of carbonyl (C=O) groups is 1. The third kappa shape index (κ3) is 6.82. The number of likely N-dealkylation sites (tertiary alicyclic amines) is 2. The Morgan fingerprint density at radius 3 is 2.19 bits per heavy atom. The van der Waals surface area contributed by atoms with E-state index in [-0.39, 0.29) is 11.8 Å². The Bertz CT molecular complexity index is 1020. The van der Waals surface area contributed by atoms with Crippen LogP contribution in [0.15, 0.2) is 36.4 Å². The minimum absolute atomic E-state index is 0.0193. The number of rotatable bonds is 9. The summed E-state index contributed by atoms with van der Waals surface area (Å²) in [6.45, 7) is 5.18. The molecule has 37 heavy (non-hydrogen) atoms. The van der Waals surface area contributed by atoms with Crippen molar-refractivity contribution in [3.05, 3.63) is 52.0 Å². The molecule has 3 fully saturated rings. The molecule has 200 valence electrons. The first kappa shape index (κ1) is 26.8. The predicted octanol–water partition coefficient (Wildman–Crippen LogP) is 7.64. The summed E-state index contributed by atoms with van der Waals surface area (Å²) >= 11 is 13.5. The van der Waals surface area contributed by atoms with E-state index in [1.165, 1.54) is 51.6 Å². The van der Waals surface area contributed by atoms with Crippen molar-refractivity contribution in [3.8, 4) is 16.9 Å². The van der Waals surface area contributed by atoms with Crippen LogP contribution in [-0.4, -0.2) is 54.5 Å². The second kappa shape index (κ2) is 12.9. The van der Waals surface area contributed by atoms with Gasteiger partial charge in [0.25, 0.3) is 0 Å². The highest BCUT2D eigenvalue weighted by Crippen LogP contribution is 2.37. The minimum Gasteiger partial charge on any atom is -0.494 e. The molecule has 2 aromatic carbocycles. The standard InChI is InChI=1S/C31H40Cl2N2O2/c32-29-21-25(23-10-12-27(13-11-23)37-19-7-17-34-15-5-2-6-16-34)22-30(33)28(29)20-24-14-18-35(31(24)36)26-8-3-1-4-9-26/h10-13,21-22,24,26H,1-9,14-20H2. The summed E-state index contributed by atoms with van der Waals surface area (Å²) in [5, 5.41) is 1.29. The molecular weight excluding hydrogens is 503 g/mol. The van der Waals surface area contributed by atoms with Crippen molar-refractivity contribution < 1.29 is 9.53 Å². The molecule has 0 aromatic heterocycles. The molecule has 1 aliphatic carbocycles. The Balaban J connectivity index is 1.16. The quantitative estimate of drug-likeness (QED) is 0.305. The second-order valence-corrected chi connectivity index (χ2v) is 11.9. The van der Waals surface area contributed by atoms with Gasteiger partial charge in [-0.3, -0.25) is 4.79 Å². The molecule has 6 heteroatoms. The number of benzene rings is 2. The molecule has 1 unspecified atom stereocenters. The first-order valence-electron chi connectivity index (χ1n) is 14.3. The predicted molar refractivity (Wildman–Crippen MR) is 153 cm³/mol. The molecule has 2 heterocycles. The largest absolute Gasteiger partial charge is 0.494 e. The molecular formula is C31H40Cl2N2O2. The average Bonchev–Trinajstić information content (AvgIpc) is 3.30. The first-order valence-corrected chi connectivity index (χ1v) is 15.1. The summed E-state index contributed by atoms with van der Waals surface area (Å²) < 4.78 is 5.98. The maximum atomic E-state index is 13.2. The average molecular weight is 544 g/mol.